The molecule has 0 aliphatic carbocycles. The molecule has 7 heteroatoms. The van der Waals surface area contributed by atoms with Crippen molar-refractivity contribution in [2.24, 2.45) is 5.73 Å². The van der Waals surface area contributed by atoms with Crippen molar-refractivity contribution in [2.75, 3.05) is 5.32 Å². The highest BCUT2D eigenvalue weighted by Gasteiger charge is 2.19. The summed E-state index contributed by atoms with van der Waals surface area (Å²) in [5.74, 6) is -0.477. The molecular formula is C12H14N4O3. The van der Waals surface area contributed by atoms with Gasteiger partial charge in [0.05, 0.1) is 22.6 Å². The summed E-state index contributed by atoms with van der Waals surface area (Å²) in [4.78, 5) is 21.9. The first-order valence-electron chi connectivity index (χ1n) is 5.74. The molecule has 1 aromatic rings. The maximum Gasteiger partial charge on any atom is 0.294 e. The summed E-state index contributed by atoms with van der Waals surface area (Å²) in [7, 11) is 0. The molecule has 0 aromatic heterocycles. The van der Waals surface area contributed by atoms with Crippen molar-refractivity contribution in [1.29, 1.82) is 5.26 Å². The molecule has 0 heterocycles. The number of nitro benzene ring substituents is 1. The van der Waals surface area contributed by atoms with E-state index in [-0.39, 0.29) is 16.9 Å². The zero-order valence-corrected chi connectivity index (χ0v) is 10.4. The Morgan fingerprint density at radius 2 is 2.32 bits per heavy atom. The molecule has 0 aliphatic heterocycles. The molecule has 1 aromatic carbocycles. The molecule has 100 valence electrons. The summed E-state index contributed by atoms with van der Waals surface area (Å²) in [6.07, 6.45) is 1.24. The van der Waals surface area contributed by atoms with E-state index in [0.717, 1.165) is 12.5 Å². The Hall–Kier alpha value is -2.46. The molecule has 0 aliphatic rings. The number of carbonyl (C=O) groups excluding carboxylic acids is 1. The minimum Gasteiger partial charge on any atom is -0.320 e. The fourth-order valence-corrected chi connectivity index (χ4v) is 1.53. The lowest BCUT2D eigenvalue weighted by molar-refractivity contribution is -0.383. The van der Waals surface area contributed by atoms with Gasteiger partial charge < -0.3 is 11.1 Å². The van der Waals surface area contributed by atoms with E-state index < -0.39 is 16.9 Å². The van der Waals surface area contributed by atoms with E-state index in [1.165, 1.54) is 12.1 Å². The molecule has 0 saturated carbocycles. The van der Waals surface area contributed by atoms with Gasteiger partial charge in [-0.15, -0.1) is 0 Å². The van der Waals surface area contributed by atoms with Crippen LogP contribution >= 0.6 is 0 Å². The van der Waals surface area contributed by atoms with Crippen LogP contribution in [0.2, 0.25) is 0 Å². The van der Waals surface area contributed by atoms with E-state index in [2.05, 4.69) is 5.32 Å². The topological polar surface area (TPSA) is 122 Å². The highest BCUT2D eigenvalue weighted by atomic mass is 16.6. The van der Waals surface area contributed by atoms with Crippen LogP contribution in [0, 0.1) is 21.4 Å². The Labute approximate surface area is 110 Å². The van der Waals surface area contributed by atoms with E-state index >= 15 is 0 Å². The van der Waals surface area contributed by atoms with Crippen LogP contribution in [0.1, 0.15) is 25.3 Å². The number of carbonyl (C=O) groups is 1. The number of hydrogen-bond acceptors (Lipinski definition) is 5. The summed E-state index contributed by atoms with van der Waals surface area (Å²) >= 11 is 0. The molecule has 0 bridgehead atoms. The zero-order chi connectivity index (χ0) is 14.4. The number of nitro groups is 1. The van der Waals surface area contributed by atoms with E-state index in [1.807, 2.05) is 6.92 Å². The molecule has 19 heavy (non-hydrogen) atoms. The van der Waals surface area contributed by atoms with E-state index in [4.69, 9.17) is 11.0 Å². The van der Waals surface area contributed by atoms with Gasteiger partial charge in [-0.1, -0.05) is 13.3 Å². The molecule has 7 nitrogen and oxygen atoms in total. The summed E-state index contributed by atoms with van der Waals surface area (Å²) in [6, 6.07) is 4.93. The molecule has 0 saturated heterocycles. The Morgan fingerprint density at radius 3 is 2.84 bits per heavy atom. The third-order valence-electron chi connectivity index (χ3n) is 2.52. The van der Waals surface area contributed by atoms with Crippen LogP contribution in [0.15, 0.2) is 18.2 Å². The summed E-state index contributed by atoms with van der Waals surface area (Å²) in [5.41, 5.74) is 5.50. The first-order chi connectivity index (χ1) is 8.99. The van der Waals surface area contributed by atoms with Crippen LogP contribution in [-0.2, 0) is 4.79 Å². The second-order valence-electron chi connectivity index (χ2n) is 3.99. The number of anilines is 1. The third-order valence-corrected chi connectivity index (χ3v) is 2.52. The molecule has 3 N–H and O–H groups in total. The highest BCUT2D eigenvalue weighted by molar-refractivity contribution is 5.96. The number of nitrogens with one attached hydrogen (secondary N) is 1. The standard InChI is InChI=1S/C12H14N4O3/c1-2-3-9(14)12(17)15-10-5-4-8(7-13)6-11(10)16(18)19/h4-6,9H,2-3,14H2,1H3,(H,15,17)/t9-/m1/s1. The van der Waals surface area contributed by atoms with Gasteiger partial charge in [-0.25, -0.2) is 0 Å². The summed E-state index contributed by atoms with van der Waals surface area (Å²) < 4.78 is 0. The van der Waals surface area contributed by atoms with Gasteiger partial charge in [0.2, 0.25) is 5.91 Å². The van der Waals surface area contributed by atoms with Crippen LogP contribution < -0.4 is 11.1 Å². The van der Waals surface area contributed by atoms with Crippen LogP contribution in [0.4, 0.5) is 11.4 Å². The van der Waals surface area contributed by atoms with Crippen LogP contribution in [-0.4, -0.2) is 16.9 Å². The Bertz CT molecular complexity index is 536. The number of rotatable bonds is 5. The Balaban J connectivity index is 2.98. The number of nitriles is 1. The lowest BCUT2D eigenvalue weighted by Crippen LogP contribution is -2.35. The number of hydrogen-bond donors (Lipinski definition) is 2. The molecule has 0 fully saturated rings. The van der Waals surface area contributed by atoms with Crippen molar-refractivity contribution >= 4 is 17.3 Å². The van der Waals surface area contributed by atoms with Gasteiger partial charge in [0.25, 0.3) is 5.69 Å². The number of nitrogens with zero attached hydrogens (tertiary/aromatic N) is 2. The second kappa shape index (κ2) is 6.47. The fourth-order valence-electron chi connectivity index (χ4n) is 1.53. The highest BCUT2D eigenvalue weighted by Crippen LogP contribution is 2.25. The van der Waals surface area contributed by atoms with Crippen molar-refractivity contribution in [3.8, 4) is 6.07 Å². The predicted molar refractivity (Wildman–Crippen MR) is 69.3 cm³/mol. The summed E-state index contributed by atoms with van der Waals surface area (Å²) in [5, 5.41) is 22.0. The van der Waals surface area contributed by atoms with Gasteiger partial charge in [0, 0.05) is 6.07 Å². The summed E-state index contributed by atoms with van der Waals surface area (Å²) in [6.45, 7) is 1.89. The maximum absolute atomic E-state index is 11.7. The van der Waals surface area contributed by atoms with Gasteiger partial charge in [0.15, 0.2) is 0 Å². The first-order valence-corrected chi connectivity index (χ1v) is 5.74. The molecular weight excluding hydrogens is 248 g/mol. The lowest BCUT2D eigenvalue weighted by atomic mass is 10.1. The number of amides is 1. The molecule has 0 radical (unpaired) electrons. The van der Waals surface area contributed by atoms with Crippen molar-refractivity contribution in [3.05, 3.63) is 33.9 Å². The van der Waals surface area contributed by atoms with E-state index in [9.17, 15) is 14.9 Å². The Kier molecular flexibility index (Phi) is 4.97. The van der Waals surface area contributed by atoms with Crippen LogP contribution in [0.3, 0.4) is 0 Å². The number of benzene rings is 1. The van der Waals surface area contributed by atoms with Gasteiger partial charge in [-0.05, 0) is 18.6 Å². The quantitative estimate of drug-likeness (QED) is 0.615. The largest absolute Gasteiger partial charge is 0.320 e. The average molecular weight is 262 g/mol. The minimum atomic E-state index is -0.708. The Morgan fingerprint density at radius 1 is 1.63 bits per heavy atom. The molecule has 1 amide bonds. The zero-order valence-electron chi connectivity index (χ0n) is 10.4. The van der Waals surface area contributed by atoms with Crippen LogP contribution in [0.25, 0.3) is 0 Å². The van der Waals surface area contributed by atoms with Gasteiger partial charge >= 0.3 is 0 Å². The monoisotopic (exact) mass is 262 g/mol. The molecule has 0 spiro atoms. The lowest BCUT2D eigenvalue weighted by Gasteiger charge is -2.11. The molecule has 0 unspecified atom stereocenters. The third kappa shape index (κ3) is 3.76. The molecule has 1 rings (SSSR count). The van der Waals surface area contributed by atoms with Crippen molar-refractivity contribution < 1.29 is 9.72 Å². The van der Waals surface area contributed by atoms with Gasteiger partial charge in [-0.3, -0.25) is 14.9 Å². The average Bonchev–Trinajstić information content (AvgIpc) is 2.39. The van der Waals surface area contributed by atoms with Gasteiger partial charge in [-0.2, -0.15) is 5.26 Å². The molecule has 1 atom stereocenters. The van der Waals surface area contributed by atoms with Crippen molar-refractivity contribution in [1.82, 2.24) is 0 Å². The SMILES string of the molecule is CCC[C@@H](N)C(=O)Nc1ccc(C#N)cc1[N+](=O)[O-]. The predicted octanol–water partition coefficient (Wildman–Crippen LogP) is 1.53. The fraction of sp³-hybridized carbons (Fsp3) is 0.333. The first kappa shape index (κ1) is 14.6. The van der Waals surface area contributed by atoms with Crippen LogP contribution in [0.5, 0.6) is 0 Å². The minimum absolute atomic E-state index is 0.0422. The van der Waals surface area contributed by atoms with Crippen molar-refractivity contribution in [2.45, 2.75) is 25.8 Å². The second-order valence-corrected chi connectivity index (χ2v) is 3.99. The normalized spacial score (nSPS) is 11.4. The van der Waals surface area contributed by atoms with E-state index in [1.54, 1.807) is 6.07 Å². The van der Waals surface area contributed by atoms with Crippen molar-refractivity contribution in [3.63, 3.8) is 0 Å². The number of nitrogens with two attached hydrogens (primary N) is 1. The smallest absolute Gasteiger partial charge is 0.294 e. The maximum atomic E-state index is 11.7. The van der Waals surface area contributed by atoms with Gasteiger partial charge in [0.1, 0.15) is 5.69 Å². The van der Waals surface area contributed by atoms with E-state index in [0.29, 0.717) is 6.42 Å².